The Balaban J connectivity index is 1.74. The molecular formula is C16H16ClNO2S. The maximum absolute atomic E-state index is 9.53. The van der Waals surface area contributed by atoms with Gasteiger partial charge in [-0.15, -0.1) is 11.8 Å². The van der Waals surface area contributed by atoms with E-state index in [4.69, 9.17) is 11.6 Å². The van der Waals surface area contributed by atoms with Crippen molar-refractivity contribution in [2.75, 3.05) is 5.75 Å². The highest BCUT2D eigenvalue weighted by atomic mass is 35.5. The summed E-state index contributed by atoms with van der Waals surface area (Å²) in [5, 5.41) is 23.1. The largest absolute Gasteiger partial charge is 0.504 e. The molecule has 1 aliphatic heterocycles. The summed E-state index contributed by atoms with van der Waals surface area (Å²) in [6, 6.07) is 11.2. The number of aromatic hydroxyl groups is 2. The molecule has 3 nitrogen and oxygen atoms in total. The van der Waals surface area contributed by atoms with E-state index in [1.165, 1.54) is 16.5 Å². The fourth-order valence-electron chi connectivity index (χ4n) is 2.50. The van der Waals surface area contributed by atoms with Gasteiger partial charge < -0.3 is 15.5 Å². The molecule has 0 spiro atoms. The van der Waals surface area contributed by atoms with Crippen LogP contribution in [-0.2, 0) is 6.54 Å². The molecule has 0 amide bonds. The molecule has 0 fully saturated rings. The maximum Gasteiger partial charge on any atom is 0.157 e. The number of fused-ring (bicyclic) bond motifs is 1. The SMILES string of the molecule is Oc1ccc(CNC2CCSc3ccc(Cl)cc32)cc1O. The molecule has 3 N–H and O–H groups in total. The van der Waals surface area contributed by atoms with Gasteiger partial charge in [-0.3, -0.25) is 0 Å². The quantitative estimate of drug-likeness (QED) is 0.746. The van der Waals surface area contributed by atoms with Crippen molar-refractivity contribution in [3.05, 3.63) is 52.5 Å². The summed E-state index contributed by atoms with van der Waals surface area (Å²) >= 11 is 7.95. The number of nitrogens with one attached hydrogen (secondary N) is 1. The monoisotopic (exact) mass is 321 g/mol. The second-order valence-corrected chi connectivity index (χ2v) is 6.65. The third-order valence-corrected chi connectivity index (χ3v) is 4.96. The van der Waals surface area contributed by atoms with Crippen molar-refractivity contribution in [2.45, 2.75) is 23.9 Å². The first-order valence-corrected chi connectivity index (χ1v) is 8.16. The number of phenols is 2. The summed E-state index contributed by atoms with van der Waals surface area (Å²) in [6.07, 6.45) is 1.04. The number of phenolic OH excluding ortho intramolecular Hbond substituents is 2. The van der Waals surface area contributed by atoms with Crippen LogP contribution in [0.2, 0.25) is 5.02 Å². The number of hydrogen-bond acceptors (Lipinski definition) is 4. The zero-order chi connectivity index (χ0) is 14.8. The van der Waals surface area contributed by atoms with Gasteiger partial charge in [0.1, 0.15) is 0 Å². The summed E-state index contributed by atoms with van der Waals surface area (Å²) in [4.78, 5) is 1.27. The molecule has 1 aliphatic rings. The van der Waals surface area contributed by atoms with Crippen LogP contribution in [0.5, 0.6) is 11.5 Å². The van der Waals surface area contributed by atoms with E-state index in [1.807, 2.05) is 23.9 Å². The van der Waals surface area contributed by atoms with Crippen LogP contribution >= 0.6 is 23.4 Å². The van der Waals surface area contributed by atoms with Gasteiger partial charge >= 0.3 is 0 Å². The minimum absolute atomic E-state index is 0.0862. The van der Waals surface area contributed by atoms with Crippen LogP contribution in [-0.4, -0.2) is 16.0 Å². The third-order valence-electron chi connectivity index (χ3n) is 3.60. The van der Waals surface area contributed by atoms with Gasteiger partial charge in [-0.05, 0) is 53.6 Å². The molecule has 0 radical (unpaired) electrons. The van der Waals surface area contributed by atoms with Crippen molar-refractivity contribution in [2.24, 2.45) is 0 Å². The van der Waals surface area contributed by atoms with Gasteiger partial charge in [-0.2, -0.15) is 0 Å². The van der Waals surface area contributed by atoms with Gasteiger partial charge in [0, 0.05) is 22.5 Å². The van der Waals surface area contributed by atoms with Gasteiger partial charge in [0.25, 0.3) is 0 Å². The number of benzene rings is 2. The lowest BCUT2D eigenvalue weighted by Crippen LogP contribution is -2.24. The molecule has 0 bridgehead atoms. The molecule has 110 valence electrons. The van der Waals surface area contributed by atoms with E-state index in [-0.39, 0.29) is 17.5 Å². The van der Waals surface area contributed by atoms with E-state index < -0.39 is 0 Å². The molecule has 0 aliphatic carbocycles. The fourth-order valence-corrected chi connectivity index (χ4v) is 3.78. The number of rotatable bonds is 3. The van der Waals surface area contributed by atoms with Crippen molar-refractivity contribution >= 4 is 23.4 Å². The molecule has 2 aromatic rings. The Kier molecular flexibility index (Phi) is 4.29. The summed E-state index contributed by atoms with van der Waals surface area (Å²) in [7, 11) is 0. The van der Waals surface area contributed by atoms with Gasteiger partial charge in [-0.25, -0.2) is 0 Å². The summed E-state index contributed by atoms with van der Waals surface area (Å²) in [5.41, 5.74) is 2.17. The first kappa shape index (κ1) is 14.6. The highest BCUT2D eigenvalue weighted by Crippen LogP contribution is 2.37. The minimum atomic E-state index is -0.0926. The first-order valence-electron chi connectivity index (χ1n) is 6.80. The molecule has 1 unspecified atom stereocenters. The van der Waals surface area contributed by atoms with Gasteiger partial charge in [0.15, 0.2) is 11.5 Å². The van der Waals surface area contributed by atoms with Crippen molar-refractivity contribution in [3.8, 4) is 11.5 Å². The molecule has 2 aromatic carbocycles. The Hall–Kier alpha value is -1.36. The highest BCUT2D eigenvalue weighted by molar-refractivity contribution is 7.99. The van der Waals surface area contributed by atoms with E-state index in [1.54, 1.807) is 12.1 Å². The van der Waals surface area contributed by atoms with Crippen LogP contribution in [0, 0.1) is 0 Å². The Morgan fingerprint density at radius 1 is 1.14 bits per heavy atom. The Morgan fingerprint density at radius 2 is 2.00 bits per heavy atom. The average molecular weight is 322 g/mol. The lowest BCUT2D eigenvalue weighted by Gasteiger charge is -2.26. The number of hydrogen-bond donors (Lipinski definition) is 3. The van der Waals surface area contributed by atoms with E-state index >= 15 is 0 Å². The maximum atomic E-state index is 9.53. The van der Waals surface area contributed by atoms with Crippen LogP contribution in [0.1, 0.15) is 23.6 Å². The topological polar surface area (TPSA) is 52.5 Å². The lowest BCUT2D eigenvalue weighted by molar-refractivity contribution is 0.402. The first-order chi connectivity index (χ1) is 10.1. The molecule has 3 rings (SSSR count). The highest BCUT2D eigenvalue weighted by Gasteiger charge is 2.20. The molecule has 1 atom stereocenters. The smallest absolute Gasteiger partial charge is 0.157 e. The van der Waals surface area contributed by atoms with Crippen molar-refractivity contribution in [1.82, 2.24) is 5.32 Å². The standard InChI is InChI=1S/C16H16ClNO2S/c17-11-2-4-16-12(8-11)13(5-6-21-16)18-9-10-1-3-14(19)15(20)7-10/h1-4,7-8,13,18-20H,5-6,9H2. The zero-order valence-electron chi connectivity index (χ0n) is 11.3. The summed E-state index contributed by atoms with van der Waals surface area (Å²) < 4.78 is 0. The summed E-state index contributed by atoms with van der Waals surface area (Å²) in [6.45, 7) is 0.634. The fraction of sp³-hybridized carbons (Fsp3) is 0.250. The van der Waals surface area contributed by atoms with Crippen LogP contribution in [0.3, 0.4) is 0 Å². The molecule has 0 aromatic heterocycles. The molecular weight excluding hydrogens is 306 g/mol. The van der Waals surface area contributed by atoms with Gasteiger partial charge in [0.05, 0.1) is 0 Å². The van der Waals surface area contributed by atoms with Crippen molar-refractivity contribution in [1.29, 1.82) is 0 Å². The predicted octanol–water partition coefficient (Wildman–Crippen LogP) is 4.08. The molecule has 21 heavy (non-hydrogen) atoms. The molecule has 0 saturated carbocycles. The van der Waals surface area contributed by atoms with E-state index in [0.29, 0.717) is 6.54 Å². The second kappa shape index (κ2) is 6.18. The Morgan fingerprint density at radius 3 is 2.81 bits per heavy atom. The Labute approximate surface area is 133 Å². The van der Waals surface area contributed by atoms with Gasteiger partial charge in [-0.1, -0.05) is 17.7 Å². The molecule has 1 heterocycles. The zero-order valence-corrected chi connectivity index (χ0v) is 12.9. The van der Waals surface area contributed by atoms with E-state index in [9.17, 15) is 10.2 Å². The Bertz CT molecular complexity index is 663. The van der Waals surface area contributed by atoms with Gasteiger partial charge in [0.2, 0.25) is 0 Å². The van der Waals surface area contributed by atoms with Crippen molar-refractivity contribution < 1.29 is 10.2 Å². The average Bonchev–Trinajstić information content (AvgIpc) is 2.48. The molecule has 0 saturated heterocycles. The van der Waals surface area contributed by atoms with E-state index in [0.717, 1.165) is 22.8 Å². The lowest BCUT2D eigenvalue weighted by atomic mass is 10.0. The normalized spacial score (nSPS) is 17.5. The van der Waals surface area contributed by atoms with Crippen LogP contribution in [0.15, 0.2) is 41.3 Å². The molecule has 5 heteroatoms. The van der Waals surface area contributed by atoms with Crippen LogP contribution in [0.25, 0.3) is 0 Å². The summed E-state index contributed by atoms with van der Waals surface area (Å²) in [5.74, 6) is 0.898. The second-order valence-electron chi connectivity index (χ2n) is 5.08. The van der Waals surface area contributed by atoms with Crippen LogP contribution in [0.4, 0.5) is 0 Å². The number of thioether (sulfide) groups is 1. The minimum Gasteiger partial charge on any atom is -0.504 e. The van der Waals surface area contributed by atoms with E-state index in [2.05, 4.69) is 11.4 Å². The van der Waals surface area contributed by atoms with Crippen molar-refractivity contribution in [3.63, 3.8) is 0 Å². The third kappa shape index (κ3) is 3.28. The van der Waals surface area contributed by atoms with Crippen LogP contribution < -0.4 is 5.32 Å². The number of halogens is 1. The predicted molar refractivity (Wildman–Crippen MR) is 86.1 cm³/mol.